The number of rotatable bonds is 4. The molecule has 0 amide bonds. The monoisotopic (exact) mass is 341 g/mol. The van der Waals surface area contributed by atoms with E-state index in [2.05, 4.69) is 9.97 Å². The summed E-state index contributed by atoms with van der Waals surface area (Å²) in [5.41, 5.74) is 3.32. The number of benzene rings is 1. The van der Waals surface area contributed by atoms with Gasteiger partial charge in [0.25, 0.3) is 0 Å². The van der Waals surface area contributed by atoms with Crippen LogP contribution in [0.2, 0.25) is 5.02 Å². The molecule has 0 saturated heterocycles. The molecule has 24 heavy (non-hydrogen) atoms. The Morgan fingerprint density at radius 1 is 1.29 bits per heavy atom. The second-order valence-electron chi connectivity index (χ2n) is 5.61. The predicted molar refractivity (Wildman–Crippen MR) is 94.8 cm³/mol. The highest BCUT2D eigenvalue weighted by Crippen LogP contribution is 2.33. The molecule has 0 aliphatic heterocycles. The van der Waals surface area contributed by atoms with Gasteiger partial charge in [0, 0.05) is 42.6 Å². The normalized spacial score (nSPS) is 10.8. The zero-order valence-electron chi connectivity index (χ0n) is 13.3. The summed E-state index contributed by atoms with van der Waals surface area (Å²) in [4.78, 5) is 22.0. The topological polar surface area (TPSA) is 66.3 Å². The van der Waals surface area contributed by atoms with Gasteiger partial charge in [-0.25, -0.2) is 4.79 Å². The van der Waals surface area contributed by atoms with Crippen molar-refractivity contribution in [2.75, 3.05) is 11.9 Å². The standard InChI is InChI=1S/C18H16ClN3O2/c1-11-15(19)6-5-13-16(11)21-9-14(18(23)24)17(13)22(2)10-12-4-3-7-20-8-12/h3-9H,10H2,1-2H3,(H,23,24). The van der Waals surface area contributed by atoms with Crippen molar-refractivity contribution < 1.29 is 9.90 Å². The maximum Gasteiger partial charge on any atom is 0.339 e. The van der Waals surface area contributed by atoms with E-state index in [9.17, 15) is 9.90 Å². The Morgan fingerprint density at radius 3 is 2.75 bits per heavy atom. The minimum absolute atomic E-state index is 0.163. The molecule has 3 aromatic rings. The van der Waals surface area contributed by atoms with Gasteiger partial charge in [0.2, 0.25) is 0 Å². The number of pyridine rings is 2. The number of aryl methyl sites for hydroxylation is 1. The number of hydrogen-bond acceptors (Lipinski definition) is 4. The number of nitrogens with zero attached hydrogens (tertiary/aromatic N) is 3. The van der Waals surface area contributed by atoms with E-state index in [0.717, 1.165) is 16.5 Å². The van der Waals surface area contributed by atoms with Crippen LogP contribution in [0.3, 0.4) is 0 Å². The molecule has 5 nitrogen and oxygen atoms in total. The van der Waals surface area contributed by atoms with Crippen molar-refractivity contribution in [3.8, 4) is 0 Å². The van der Waals surface area contributed by atoms with Crippen LogP contribution in [0, 0.1) is 6.92 Å². The Balaban J connectivity index is 2.18. The molecule has 2 heterocycles. The van der Waals surface area contributed by atoms with Crippen molar-refractivity contribution in [3.63, 3.8) is 0 Å². The highest BCUT2D eigenvalue weighted by molar-refractivity contribution is 6.32. The van der Waals surface area contributed by atoms with Crippen LogP contribution >= 0.6 is 11.6 Å². The number of hydrogen-bond donors (Lipinski definition) is 1. The lowest BCUT2D eigenvalue weighted by Gasteiger charge is -2.23. The zero-order valence-corrected chi connectivity index (χ0v) is 14.1. The maximum atomic E-state index is 11.7. The van der Waals surface area contributed by atoms with Crippen LogP contribution in [0.15, 0.2) is 42.9 Å². The molecule has 0 atom stereocenters. The first kappa shape index (κ1) is 16.2. The highest BCUT2D eigenvalue weighted by Gasteiger charge is 2.19. The average Bonchev–Trinajstić information content (AvgIpc) is 2.58. The van der Waals surface area contributed by atoms with Gasteiger partial charge in [-0.15, -0.1) is 0 Å². The summed E-state index contributed by atoms with van der Waals surface area (Å²) < 4.78 is 0. The molecule has 0 aliphatic rings. The fourth-order valence-corrected chi connectivity index (χ4v) is 2.93. The molecule has 0 bridgehead atoms. The van der Waals surface area contributed by atoms with Gasteiger partial charge in [-0.05, 0) is 36.2 Å². The Kier molecular flexibility index (Phi) is 4.36. The third kappa shape index (κ3) is 2.90. The van der Waals surface area contributed by atoms with Gasteiger partial charge in [0.15, 0.2) is 0 Å². The fourth-order valence-electron chi connectivity index (χ4n) is 2.78. The largest absolute Gasteiger partial charge is 0.478 e. The number of halogens is 1. The summed E-state index contributed by atoms with van der Waals surface area (Å²) in [7, 11) is 1.86. The first-order valence-corrected chi connectivity index (χ1v) is 7.78. The molecular weight excluding hydrogens is 326 g/mol. The molecule has 2 aromatic heterocycles. The minimum atomic E-state index is -1.01. The molecule has 122 valence electrons. The molecule has 1 aromatic carbocycles. The molecule has 0 fully saturated rings. The molecule has 0 unspecified atom stereocenters. The van der Waals surface area contributed by atoms with Gasteiger partial charge in [-0.1, -0.05) is 17.7 Å². The van der Waals surface area contributed by atoms with Crippen molar-refractivity contribution >= 4 is 34.2 Å². The molecule has 0 radical (unpaired) electrons. The minimum Gasteiger partial charge on any atom is -0.478 e. The van der Waals surface area contributed by atoms with E-state index in [1.165, 1.54) is 6.20 Å². The summed E-state index contributed by atoms with van der Waals surface area (Å²) in [5.74, 6) is -1.01. The Labute approximate surface area is 144 Å². The maximum absolute atomic E-state index is 11.7. The SMILES string of the molecule is Cc1c(Cl)ccc2c(N(C)Cc3cccnc3)c(C(=O)O)cnc12. The van der Waals surface area contributed by atoms with E-state index < -0.39 is 5.97 Å². The lowest BCUT2D eigenvalue weighted by molar-refractivity contribution is 0.0697. The van der Waals surface area contributed by atoms with Crippen molar-refractivity contribution in [3.05, 3.63) is 64.6 Å². The van der Waals surface area contributed by atoms with E-state index >= 15 is 0 Å². The van der Waals surface area contributed by atoms with Crippen LogP contribution in [0.5, 0.6) is 0 Å². The average molecular weight is 342 g/mol. The molecule has 0 saturated carbocycles. The second kappa shape index (κ2) is 6.45. The smallest absolute Gasteiger partial charge is 0.339 e. The van der Waals surface area contributed by atoms with E-state index in [1.807, 2.05) is 37.1 Å². The summed E-state index contributed by atoms with van der Waals surface area (Å²) in [6, 6.07) is 7.40. The van der Waals surface area contributed by atoms with Crippen LogP contribution < -0.4 is 4.90 Å². The Hall–Kier alpha value is -2.66. The summed E-state index contributed by atoms with van der Waals surface area (Å²) in [5, 5.41) is 10.9. The van der Waals surface area contributed by atoms with E-state index in [-0.39, 0.29) is 5.56 Å². The molecule has 1 N–H and O–H groups in total. The molecule has 3 rings (SSSR count). The van der Waals surface area contributed by atoms with Crippen molar-refractivity contribution in [1.82, 2.24) is 9.97 Å². The molecule has 0 spiro atoms. The third-order valence-electron chi connectivity index (χ3n) is 3.95. The van der Waals surface area contributed by atoms with E-state index in [4.69, 9.17) is 11.6 Å². The predicted octanol–water partition coefficient (Wildman–Crippen LogP) is 3.93. The third-order valence-corrected chi connectivity index (χ3v) is 4.36. The Bertz CT molecular complexity index is 913. The number of carbonyl (C=O) groups is 1. The van der Waals surface area contributed by atoms with Crippen LogP contribution in [0.1, 0.15) is 21.5 Å². The number of aromatic carboxylic acids is 1. The number of aromatic nitrogens is 2. The van der Waals surface area contributed by atoms with Crippen molar-refractivity contribution in [2.45, 2.75) is 13.5 Å². The van der Waals surface area contributed by atoms with Crippen LogP contribution in [-0.4, -0.2) is 28.1 Å². The fraction of sp³-hybridized carbons (Fsp3) is 0.167. The van der Waals surface area contributed by atoms with Gasteiger partial charge in [0.05, 0.1) is 11.2 Å². The highest BCUT2D eigenvalue weighted by atomic mass is 35.5. The second-order valence-corrected chi connectivity index (χ2v) is 6.02. The first-order valence-electron chi connectivity index (χ1n) is 7.40. The van der Waals surface area contributed by atoms with Crippen molar-refractivity contribution in [2.24, 2.45) is 0 Å². The lowest BCUT2D eigenvalue weighted by atomic mass is 10.0. The summed E-state index contributed by atoms with van der Waals surface area (Å²) in [6.45, 7) is 2.41. The van der Waals surface area contributed by atoms with E-state index in [0.29, 0.717) is 22.8 Å². The molecular formula is C18H16ClN3O2. The first-order chi connectivity index (χ1) is 11.5. The quantitative estimate of drug-likeness (QED) is 0.779. The molecule has 6 heteroatoms. The van der Waals surface area contributed by atoms with E-state index in [1.54, 1.807) is 18.5 Å². The lowest BCUT2D eigenvalue weighted by Crippen LogP contribution is -2.20. The van der Waals surface area contributed by atoms with Gasteiger partial charge in [-0.2, -0.15) is 0 Å². The van der Waals surface area contributed by atoms with Gasteiger partial charge < -0.3 is 10.0 Å². The van der Waals surface area contributed by atoms with Gasteiger partial charge >= 0.3 is 5.97 Å². The van der Waals surface area contributed by atoms with Crippen LogP contribution in [0.25, 0.3) is 10.9 Å². The van der Waals surface area contributed by atoms with Gasteiger partial charge in [-0.3, -0.25) is 9.97 Å². The summed E-state index contributed by atoms with van der Waals surface area (Å²) >= 11 is 6.17. The number of carboxylic acids is 1. The number of anilines is 1. The van der Waals surface area contributed by atoms with Gasteiger partial charge in [0.1, 0.15) is 5.56 Å². The molecule has 0 aliphatic carbocycles. The number of fused-ring (bicyclic) bond motifs is 1. The zero-order chi connectivity index (χ0) is 17.3. The van der Waals surface area contributed by atoms with Crippen molar-refractivity contribution in [1.29, 1.82) is 0 Å². The number of carboxylic acid groups (broad SMARTS) is 1. The van der Waals surface area contributed by atoms with Crippen LogP contribution in [-0.2, 0) is 6.54 Å². The van der Waals surface area contributed by atoms with Crippen LogP contribution in [0.4, 0.5) is 5.69 Å². The Morgan fingerprint density at radius 2 is 2.08 bits per heavy atom. The summed E-state index contributed by atoms with van der Waals surface area (Å²) in [6.07, 6.45) is 4.87.